The van der Waals surface area contributed by atoms with E-state index in [0.717, 1.165) is 12.0 Å². The molecule has 28 heavy (non-hydrogen) atoms. The fourth-order valence-corrected chi connectivity index (χ4v) is 6.29. The number of allylic oxidation sites excluding steroid dienone is 1. The van der Waals surface area contributed by atoms with Crippen LogP contribution < -0.4 is 10.2 Å². The van der Waals surface area contributed by atoms with Gasteiger partial charge in [0.2, 0.25) is 0 Å². The third-order valence-corrected chi connectivity index (χ3v) is 7.79. The summed E-state index contributed by atoms with van der Waals surface area (Å²) in [6.45, 7) is 3.62. The summed E-state index contributed by atoms with van der Waals surface area (Å²) in [5.41, 5.74) is 4.43. The SMILES string of the molecule is C1=Cc2ccccc2SN=C1.c1cc2c3c(c1)[C@@H]1CNCC[C@@H]1N3CCCS2. The van der Waals surface area contributed by atoms with E-state index in [1.807, 2.05) is 24.4 Å². The number of fused-ring (bicyclic) bond motifs is 4. The van der Waals surface area contributed by atoms with Crippen LogP contribution in [0.3, 0.4) is 0 Å². The van der Waals surface area contributed by atoms with Gasteiger partial charge in [0.05, 0.1) is 5.69 Å². The van der Waals surface area contributed by atoms with Crippen molar-refractivity contribution >= 4 is 41.7 Å². The molecule has 144 valence electrons. The van der Waals surface area contributed by atoms with Crippen LogP contribution in [0, 0.1) is 0 Å². The topological polar surface area (TPSA) is 27.6 Å². The van der Waals surface area contributed by atoms with E-state index in [9.17, 15) is 0 Å². The molecule has 1 N–H and O–H groups in total. The van der Waals surface area contributed by atoms with E-state index in [1.54, 1.807) is 11.3 Å². The quantitative estimate of drug-likeness (QED) is 0.605. The van der Waals surface area contributed by atoms with Crippen LogP contribution in [0.5, 0.6) is 0 Å². The zero-order valence-electron chi connectivity index (χ0n) is 15.9. The lowest BCUT2D eigenvalue weighted by atomic mass is 9.90. The van der Waals surface area contributed by atoms with Gasteiger partial charge in [-0.25, -0.2) is 4.40 Å². The number of benzene rings is 2. The Kier molecular flexibility index (Phi) is 5.47. The predicted molar refractivity (Wildman–Crippen MR) is 123 cm³/mol. The molecule has 4 heterocycles. The highest BCUT2D eigenvalue weighted by Crippen LogP contribution is 2.49. The van der Waals surface area contributed by atoms with E-state index >= 15 is 0 Å². The monoisotopic (exact) mass is 407 g/mol. The largest absolute Gasteiger partial charge is 0.367 e. The van der Waals surface area contributed by atoms with Crippen LogP contribution in [0.25, 0.3) is 6.08 Å². The Bertz CT molecular complexity index is 908. The summed E-state index contributed by atoms with van der Waals surface area (Å²) in [4.78, 5) is 5.46. The van der Waals surface area contributed by atoms with E-state index in [2.05, 4.69) is 62.8 Å². The molecule has 5 heteroatoms. The molecule has 2 aromatic rings. The minimum atomic E-state index is 0.734. The summed E-state index contributed by atoms with van der Waals surface area (Å²) >= 11 is 3.57. The molecular formula is C23H25N3S2. The van der Waals surface area contributed by atoms with Crippen molar-refractivity contribution in [3.63, 3.8) is 0 Å². The van der Waals surface area contributed by atoms with Crippen molar-refractivity contribution in [3.05, 3.63) is 59.7 Å². The molecule has 0 unspecified atom stereocenters. The number of thioether (sulfide) groups is 1. The molecule has 0 aliphatic carbocycles. The molecule has 2 atom stereocenters. The van der Waals surface area contributed by atoms with E-state index < -0.39 is 0 Å². The van der Waals surface area contributed by atoms with Crippen LogP contribution >= 0.6 is 23.7 Å². The van der Waals surface area contributed by atoms with E-state index in [-0.39, 0.29) is 0 Å². The Balaban J connectivity index is 0.000000135. The van der Waals surface area contributed by atoms with Gasteiger partial charge in [0.1, 0.15) is 0 Å². The van der Waals surface area contributed by atoms with Gasteiger partial charge in [-0.15, -0.1) is 11.8 Å². The molecule has 1 fully saturated rings. The lowest BCUT2D eigenvalue weighted by molar-refractivity contribution is 0.403. The minimum Gasteiger partial charge on any atom is -0.367 e. The van der Waals surface area contributed by atoms with Gasteiger partial charge in [-0.1, -0.05) is 36.4 Å². The maximum Gasteiger partial charge on any atom is 0.0543 e. The van der Waals surface area contributed by atoms with Gasteiger partial charge >= 0.3 is 0 Å². The summed E-state index contributed by atoms with van der Waals surface area (Å²) in [7, 11) is 0. The Hall–Kier alpha value is -1.69. The van der Waals surface area contributed by atoms with Gasteiger partial charge in [-0.2, -0.15) is 0 Å². The van der Waals surface area contributed by atoms with Crippen molar-refractivity contribution in [2.75, 3.05) is 30.3 Å². The maximum absolute atomic E-state index is 4.12. The van der Waals surface area contributed by atoms with Gasteiger partial charge in [0, 0.05) is 53.0 Å². The molecule has 3 nitrogen and oxygen atoms in total. The Morgan fingerprint density at radius 1 is 1.07 bits per heavy atom. The minimum absolute atomic E-state index is 0.734. The number of hydrogen-bond donors (Lipinski definition) is 1. The zero-order chi connectivity index (χ0) is 18.8. The van der Waals surface area contributed by atoms with Crippen molar-refractivity contribution in [3.8, 4) is 0 Å². The molecule has 4 aliphatic rings. The lowest BCUT2D eigenvalue weighted by Crippen LogP contribution is -2.44. The number of nitrogens with one attached hydrogen (secondary N) is 1. The third kappa shape index (κ3) is 3.51. The normalized spacial score (nSPS) is 24.2. The van der Waals surface area contributed by atoms with Gasteiger partial charge in [-0.05, 0) is 54.5 Å². The summed E-state index contributed by atoms with van der Waals surface area (Å²) < 4.78 is 4.12. The molecule has 2 aromatic carbocycles. The third-order valence-electron chi connectivity index (χ3n) is 5.86. The standard InChI is InChI=1S/C14H18N2S.C9H7NS/c1-3-10-11-9-15-6-5-12(11)16-7-2-8-17-13(4-1)14(10)16;1-2-6-9-8(4-1)5-3-7-10-11-9/h1,3-4,11-12,15H,2,5-9H2;1-7H/t11-,12-;/m0./s1. The molecule has 4 aliphatic heterocycles. The first-order valence-corrected chi connectivity index (χ1v) is 11.9. The first-order chi connectivity index (χ1) is 13.9. The molecular weight excluding hydrogens is 382 g/mol. The summed E-state index contributed by atoms with van der Waals surface area (Å²) in [6.07, 6.45) is 8.47. The number of hydrogen-bond acceptors (Lipinski definition) is 5. The second kappa shape index (κ2) is 8.36. The molecule has 0 spiro atoms. The summed E-state index contributed by atoms with van der Waals surface area (Å²) in [6, 6.07) is 15.9. The summed E-state index contributed by atoms with van der Waals surface area (Å²) in [5, 5.41) is 3.56. The number of rotatable bonds is 0. The van der Waals surface area contributed by atoms with Crippen LogP contribution in [-0.4, -0.2) is 37.6 Å². The van der Waals surface area contributed by atoms with E-state index in [1.165, 1.54) is 65.5 Å². The highest BCUT2D eigenvalue weighted by Gasteiger charge is 2.41. The molecule has 0 saturated carbocycles. The van der Waals surface area contributed by atoms with Crippen LogP contribution in [0.2, 0.25) is 0 Å². The number of nitrogens with zero attached hydrogens (tertiary/aromatic N) is 2. The first kappa shape index (κ1) is 18.3. The molecule has 6 rings (SSSR count). The molecule has 0 bridgehead atoms. The number of piperidine rings is 1. The smallest absolute Gasteiger partial charge is 0.0543 e. The lowest BCUT2D eigenvalue weighted by Gasteiger charge is -2.33. The maximum atomic E-state index is 4.12. The van der Waals surface area contributed by atoms with Crippen LogP contribution in [-0.2, 0) is 0 Å². The highest BCUT2D eigenvalue weighted by atomic mass is 32.2. The van der Waals surface area contributed by atoms with Crippen molar-refractivity contribution in [2.24, 2.45) is 4.40 Å². The van der Waals surface area contributed by atoms with E-state index in [4.69, 9.17) is 0 Å². The van der Waals surface area contributed by atoms with Crippen LogP contribution in [0.1, 0.15) is 29.9 Å². The second-order valence-electron chi connectivity index (χ2n) is 7.50. The Morgan fingerprint density at radius 3 is 3.00 bits per heavy atom. The fourth-order valence-electron chi connectivity index (χ4n) is 4.63. The predicted octanol–water partition coefficient (Wildman–Crippen LogP) is 5.24. The average Bonchev–Trinajstić information content (AvgIpc) is 2.93. The second-order valence-corrected chi connectivity index (χ2v) is 9.47. The zero-order valence-corrected chi connectivity index (χ0v) is 17.5. The molecule has 0 radical (unpaired) electrons. The Labute approximate surface area is 175 Å². The number of para-hydroxylation sites is 1. The molecule has 0 amide bonds. The Morgan fingerprint density at radius 2 is 2.00 bits per heavy atom. The molecule has 1 saturated heterocycles. The van der Waals surface area contributed by atoms with Crippen molar-refractivity contribution in [1.82, 2.24) is 5.32 Å². The average molecular weight is 408 g/mol. The summed E-state index contributed by atoms with van der Waals surface area (Å²) in [5.74, 6) is 2.01. The van der Waals surface area contributed by atoms with Gasteiger partial charge in [-0.3, -0.25) is 0 Å². The van der Waals surface area contributed by atoms with E-state index in [0.29, 0.717) is 0 Å². The van der Waals surface area contributed by atoms with Gasteiger partial charge < -0.3 is 10.2 Å². The first-order valence-electron chi connectivity index (χ1n) is 10.1. The molecule has 0 aromatic heterocycles. The van der Waals surface area contributed by atoms with Gasteiger partial charge in [0.25, 0.3) is 0 Å². The van der Waals surface area contributed by atoms with Crippen molar-refractivity contribution < 1.29 is 0 Å². The fraction of sp³-hybridized carbons (Fsp3) is 0.348. The van der Waals surface area contributed by atoms with Crippen LogP contribution in [0.4, 0.5) is 5.69 Å². The van der Waals surface area contributed by atoms with Crippen molar-refractivity contribution in [1.29, 1.82) is 0 Å². The van der Waals surface area contributed by atoms with Crippen molar-refractivity contribution in [2.45, 2.75) is 34.6 Å². The van der Waals surface area contributed by atoms with Crippen LogP contribution in [0.15, 0.2) is 62.7 Å². The highest BCUT2D eigenvalue weighted by molar-refractivity contribution is 7.99. The van der Waals surface area contributed by atoms with Gasteiger partial charge in [0.15, 0.2) is 0 Å². The number of anilines is 1.